The number of β-amino-alcohol motifs (C(OH)–C–C–N with tert-alkyl or cyclic N) is 1. The summed E-state index contributed by atoms with van der Waals surface area (Å²) in [5, 5.41) is 9.85. The highest BCUT2D eigenvalue weighted by Gasteiger charge is 2.42. The zero-order chi connectivity index (χ0) is 14.0. The van der Waals surface area contributed by atoms with Gasteiger partial charge in [0.15, 0.2) is 0 Å². The molecule has 0 aromatic heterocycles. The van der Waals surface area contributed by atoms with Crippen molar-refractivity contribution in [2.75, 3.05) is 13.1 Å². The number of rotatable bonds is 4. The van der Waals surface area contributed by atoms with Crippen LogP contribution in [0.2, 0.25) is 0 Å². The molecule has 1 aliphatic rings. The maximum absolute atomic E-state index is 12.3. The van der Waals surface area contributed by atoms with E-state index in [-0.39, 0.29) is 24.4 Å². The maximum atomic E-state index is 12.3. The highest BCUT2D eigenvalue weighted by molar-refractivity contribution is 5.97. The Morgan fingerprint density at radius 3 is 2.68 bits per heavy atom. The molecule has 0 unspecified atom stereocenters. The number of nitrogens with zero attached hydrogens (tertiary/aromatic N) is 1. The molecule has 1 N–H and O–H groups in total. The smallest absolute Gasteiger partial charge is 0.387 e. The lowest BCUT2D eigenvalue weighted by molar-refractivity contribution is -0.0833. The molecule has 0 bridgehead atoms. The minimum atomic E-state index is -2.97. The van der Waals surface area contributed by atoms with Crippen LogP contribution in [0.15, 0.2) is 24.3 Å². The molecule has 1 aliphatic heterocycles. The van der Waals surface area contributed by atoms with E-state index in [1.54, 1.807) is 6.07 Å². The Hall–Kier alpha value is -1.69. The average Bonchev–Trinajstić information content (AvgIpc) is 2.34. The molecule has 0 atom stereocenters. The number of ether oxygens (including phenoxy) is 1. The minimum Gasteiger partial charge on any atom is -0.434 e. The van der Waals surface area contributed by atoms with Gasteiger partial charge in [-0.15, -0.1) is 0 Å². The summed E-state index contributed by atoms with van der Waals surface area (Å²) in [6.45, 7) is -0.718. The summed E-state index contributed by atoms with van der Waals surface area (Å²) < 4.78 is 28.8. The van der Waals surface area contributed by atoms with Crippen molar-refractivity contribution in [3.8, 4) is 5.75 Å². The van der Waals surface area contributed by atoms with Crippen molar-refractivity contribution in [2.45, 2.75) is 25.6 Å². The first-order valence-electron chi connectivity index (χ1n) is 6.01. The molecule has 1 aromatic rings. The summed E-state index contributed by atoms with van der Waals surface area (Å²) in [4.78, 5) is 13.5. The second kappa shape index (κ2) is 5.13. The van der Waals surface area contributed by atoms with Gasteiger partial charge in [-0.1, -0.05) is 19.1 Å². The van der Waals surface area contributed by atoms with Crippen LogP contribution in [0.25, 0.3) is 0 Å². The molecule has 1 amide bonds. The predicted molar refractivity (Wildman–Crippen MR) is 64.2 cm³/mol. The summed E-state index contributed by atoms with van der Waals surface area (Å²) in [7, 11) is 0. The van der Waals surface area contributed by atoms with Crippen molar-refractivity contribution < 1.29 is 23.4 Å². The third kappa shape index (κ3) is 2.84. The monoisotopic (exact) mass is 271 g/mol. The first-order valence-corrected chi connectivity index (χ1v) is 6.01. The molecule has 0 spiro atoms. The van der Waals surface area contributed by atoms with Crippen molar-refractivity contribution in [2.24, 2.45) is 0 Å². The molecule has 2 rings (SSSR count). The third-order valence-electron chi connectivity index (χ3n) is 3.25. The average molecular weight is 271 g/mol. The number of aliphatic hydroxyl groups is 1. The number of hydrogen-bond donors (Lipinski definition) is 1. The minimum absolute atomic E-state index is 0.0842. The van der Waals surface area contributed by atoms with E-state index >= 15 is 0 Å². The number of carbonyl (C=O) groups is 1. The Bertz CT molecular complexity index is 473. The number of alkyl halides is 2. The van der Waals surface area contributed by atoms with Crippen LogP contribution >= 0.6 is 0 Å². The standard InChI is InChI=1S/C13H15F2NO3/c1-2-13(18)7-16(8-13)11(17)9-5-3-4-6-10(9)19-12(14)15/h3-6,12,18H,2,7-8H2,1H3. The Kier molecular flexibility index (Phi) is 3.71. The number of hydrogen-bond acceptors (Lipinski definition) is 3. The molecular formula is C13H15F2NO3. The van der Waals surface area contributed by atoms with Gasteiger partial charge >= 0.3 is 6.61 Å². The molecule has 1 heterocycles. The van der Waals surface area contributed by atoms with Gasteiger partial charge in [0.25, 0.3) is 5.91 Å². The molecule has 0 aliphatic carbocycles. The quantitative estimate of drug-likeness (QED) is 0.909. The lowest BCUT2D eigenvalue weighted by Gasteiger charge is -2.46. The molecular weight excluding hydrogens is 256 g/mol. The van der Waals surface area contributed by atoms with Gasteiger partial charge in [0, 0.05) is 0 Å². The molecule has 6 heteroatoms. The summed E-state index contributed by atoms with van der Waals surface area (Å²) in [5.74, 6) is -0.552. The van der Waals surface area contributed by atoms with Gasteiger partial charge in [-0.2, -0.15) is 8.78 Å². The van der Waals surface area contributed by atoms with Crippen molar-refractivity contribution in [3.05, 3.63) is 29.8 Å². The predicted octanol–water partition coefficient (Wildman–Crippen LogP) is 1.88. The second-order valence-electron chi connectivity index (χ2n) is 4.61. The fourth-order valence-corrected chi connectivity index (χ4v) is 2.04. The van der Waals surface area contributed by atoms with Crippen LogP contribution < -0.4 is 4.74 Å². The Labute approximate surface area is 109 Å². The lowest BCUT2D eigenvalue weighted by atomic mass is 9.90. The van der Waals surface area contributed by atoms with Gasteiger partial charge in [0.1, 0.15) is 5.75 Å². The zero-order valence-electron chi connectivity index (χ0n) is 10.5. The molecule has 4 nitrogen and oxygen atoms in total. The first kappa shape index (κ1) is 13.7. The first-order chi connectivity index (χ1) is 8.95. The van der Waals surface area contributed by atoms with E-state index in [2.05, 4.69) is 4.74 Å². The Balaban J connectivity index is 2.12. The van der Waals surface area contributed by atoms with Crippen LogP contribution in [0.4, 0.5) is 8.78 Å². The van der Waals surface area contributed by atoms with Crippen molar-refractivity contribution in [3.63, 3.8) is 0 Å². The largest absolute Gasteiger partial charge is 0.434 e. The highest BCUT2D eigenvalue weighted by atomic mass is 19.3. The maximum Gasteiger partial charge on any atom is 0.387 e. The van der Waals surface area contributed by atoms with E-state index in [9.17, 15) is 18.7 Å². The van der Waals surface area contributed by atoms with Crippen LogP contribution in [-0.4, -0.2) is 41.2 Å². The van der Waals surface area contributed by atoms with E-state index in [0.717, 1.165) is 0 Å². The molecule has 1 fully saturated rings. The number of likely N-dealkylation sites (tertiary alicyclic amines) is 1. The van der Waals surface area contributed by atoms with Crippen molar-refractivity contribution in [1.29, 1.82) is 0 Å². The van der Waals surface area contributed by atoms with Gasteiger partial charge in [0.05, 0.1) is 24.3 Å². The molecule has 0 radical (unpaired) electrons. The third-order valence-corrected chi connectivity index (χ3v) is 3.25. The normalized spacial score (nSPS) is 17.2. The summed E-state index contributed by atoms with van der Waals surface area (Å²) in [6, 6.07) is 5.86. The zero-order valence-corrected chi connectivity index (χ0v) is 10.5. The van der Waals surface area contributed by atoms with Crippen molar-refractivity contribution in [1.82, 2.24) is 4.90 Å². The molecule has 1 aromatic carbocycles. The fourth-order valence-electron chi connectivity index (χ4n) is 2.04. The summed E-state index contributed by atoms with van der Waals surface area (Å²) in [5.41, 5.74) is -0.769. The van der Waals surface area contributed by atoms with E-state index in [0.29, 0.717) is 6.42 Å². The van der Waals surface area contributed by atoms with Gasteiger partial charge < -0.3 is 14.7 Å². The van der Waals surface area contributed by atoms with Crippen LogP contribution in [-0.2, 0) is 0 Å². The van der Waals surface area contributed by atoms with E-state index < -0.39 is 18.1 Å². The van der Waals surface area contributed by atoms with Crippen LogP contribution in [0.5, 0.6) is 5.75 Å². The van der Waals surface area contributed by atoms with E-state index in [1.807, 2.05) is 6.92 Å². The lowest BCUT2D eigenvalue weighted by Crippen LogP contribution is -2.63. The highest BCUT2D eigenvalue weighted by Crippen LogP contribution is 2.29. The van der Waals surface area contributed by atoms with Gasteiger partial charge in [-0.3, -0.25) is 4.79 Å². The number of amides is 1. The topological polar surface area (TPSA) is 49.8 Å². The van der Waals surface area contributed by atoms with Gasteiger partial charge in [0.2, 0.25) is 0 Å². The molecule has 1 saturated heterocycles. The number of carbonyl (C=O) groups excluding carboxylic acids is 1. The molecule has 0 saturated carbocycles. The van der Waals surface area contributed by atoms with Crippen LogP contribution in [0.1, 0.15) is 23.7 Å². The summed E-state index contributed by atoms with van der Waals surface area (Å²) >= 11 is 0. The Morgan fingerprint density at radius 1 is 1.47 bits per heavy atom. The Morgan fingerprint density at radius 2 is 2.11 bits per heavy atom. The van der Waals surface area contributed by atoms with Crippen molar-refractivity contribution >= 4 is 5.91 Å². The molecule has 104 valence electrons. The van der Waals surface area contributed by atoms with Crippen LogP contribution in [0, 0.1) is 0 Å². The van der Waals surface area contributed by atoms with E-state index in [1.165, 1.54) is 23.1 Å². The van der Waals surface area contributed by atoms with Crippen LogP contribution in [0.3, 0.4) is 0 Å². The van der Waals surface area contributed by atoms with Gasteiger partial charge in [-0.05, 0) is 18.6 Å². The number of benzene rings is 1. The SMILES string of the molecule is CCC1(O)CN(C(=O)c2ccccc2OC(F)F)C1. The molecule has 19 heavy (non-hydrogen) atoms. The fraction of sp³-hybridized carbons (Fsp3) is 0.462. The summed E-state index contributed by atoms with van der Waals surface area (Å²) in [6.07, 6.45) is 0.548. The van der Waals surface area contributed by atoms with Gasteiger partial charge in [-0.25, -0.2) is 0 Å². The van der Waals surface area contributed by atoms with E-state index in [4.69, 9.17) is 0 Å². The number of para-hydroxylation sites is 1. The number of halogens is 2. The second-order valence-corrected chi connectivity index (χ2v) is 4.61.